The van der Waals surface area contributed by atoms with Crippen LogP contribution in [0.5, 0.6) is 0 Å². The highest BCUT2D eigenvalue weighted by molar-refractivity contribution is 5.88. The zero-order valence-corrected chi connectivity index (χ0v) is 12.0. The van der Waals surface area contributed by atoms with Crippen LogP contribution in [0.2, 0.25) is 0 Å². The summed E-state index contributed by atoms with van der Waals surface area (Å²) in [6.45, 7) is 4.19. The summed E-state index contributed by atoms with van der Waals surface area (Å²) in [7, 11) is 3.24. The smallest absolute Gasteiger partial charge is 0.356 e. The molecule has 0 atom stereocenters. The molecule has 0 amide bonds. The molecule has 1 aromatic rings. The number of nitrogens with one attached hydrogen (secondary N) is 1. The van der Waals surface area contributed by atoms with Crippen molar-refractivity contribution < 1.29 is 14.3 Å². The molecule has 0 unspecified atom stereocenters. The van der Waals surface area contributed by atoms with Crippen molar-refractivity contribution in [3.8, 4) is 0 Å². The van der Waals surface area contributed by atoms with Crippen LogP contribution in [-0.4, -0.2) is 55.9 Å². The van der Waals surface area contributed by atoms with Gasteiger partial charge in [0.25, 0.3) is 0 Å². The molecular formula is C13H20N4O3. The van der Waals surface area contributed by atoms with E-state index in [1.807, 2.05) is 11.9 Å². The number of aromatic nitrogens is 2. The van der Waals surface area contributed by atoms with E-state index in [-0.39, 0.29) is 11.7 Å². The van der Waals surface area contributed by atoms with E-state index in [1.54, 1.807) is 6.07 Å². The van der Waals surface area contributed by atoms with Gasteiger partial charge in [-0.1, -0.05) is 6.92 Å². The molecule has 1 aliphatic heterocycles. The third-order valence-corrected chi connectivity index (χ3v) is 3.00. The van der Waals surface area contributed by atoms with Gasteiger partial charge in [0.05, 0.1) is 26.4 Å². The molecule has 7 heteroatoms. The van der Waals surface area contributed by atoms with Crippen LogP contribution >= 0.6 is 0 Å². The van der Waals surface area contributed by atoms with E-state index >= 15 is 0 Å². The van der Waals surface area contributed by atoms with Crippen molar-refractivity contribution in [2.24, 2.45) is 0 Å². The lowest BCUT2D eigenvalue weighted by atomic mass is 10.2. The average molecular weight is 280 g/mol. The number of nitrogens with zero attached hydrogens (tertiary/aromatic N) is 3. The van der Waals surface area contributed by atoms with Gasteiger partial charge in [0.2, 0.25) is 5.95 Å². The Bertz CT molecular complexity index is 477. The van der Waals surface area contributed by atoms with Crippen molar-refractivity contribution in [2.45, 2.75) is 19.4 Å². The quantitative estimate of drug-likeness (QED) is 0.776. The third kappa shape index (κ3) is 3.36. The van der Waals surface area contributed by atoms with Gasteiger partial charge in [0.15, 0.2) is 5.69 Å². The second-order valence-corrected chi connectivity index (χ2v) is 4.73. The fraction of sp³-hybridized carbons (Fsp3) is 0.615. The molecule has 0 radical (unpaired) electrons. The Morgan fingerprint density at radius 3 is 2.85 bits per heavy atom. The van der Waals surface area contributed by atoms with E-state index in [1.165, 1.54) is 7.11 Å². The van der Waals surface area contributed by atoms with Crippen molar-refractivity contribution in [2.75, 3.05) is 44.1 Å². The van der Waals surface area contributed by atoms with Gasteiger partial charge < -0.3 is 19.7 Å². The number of hydrogen-bond donors (Lipinski definition) is 1. The number of methoxy groups -OCH3 is 1. The predicted molar refractivity (Wildman–Crippen MR) is 75.2 cm³/mol. The van der Waals surface area contributed by atoms with Crippen LogP contribution in [0.25, 0.3) is 0 Å². The fourth-order valence-corrected chi connectivity index (χ4v) is 1.85. The fourth-order valence-electron chi connectivity index (χ4n) is 1.85. The van der Waals surface area contributed by atoms with E-state index in [4.69, 9.17) is 9.47 Å². The van der Waals surface area contributed by atoms with E-state index in [0.29, 0.717) is 25.0 Å². The van der Waals surface area contributed by atoms with Crippen LogP contribution in [0.1, 0.15) is 23.8 Å². The molecular weight excluding hydrogens is 260 g/mol. The van der Waals surface area contributed by atoms with Crippen molar-refractivity contribution in [1.82, 2.24) is 9.97 Å². The molecule has 1 fully saturated rings. The van der Waals surface area contributed by atoms with Crippen molar-refractivity contribution in [3.05, 3.63) is 11.8 Å². The lowest BCUT2D eigenvalue weighted by molar-refractivity contribution is 0.0209. The Morgan fingerprint density at radius 1 is 1.55 bits per heavy atom. The molecule has 0 spiro atoms. The molecule has 0 saturated carbocycles. The van der Waals surface area contributed by atoms with E-state index in [9.17, 15) is 4.79 Å². The summed E-state index contributed by atoms with van der Waals surface area (Å²) in [5.41, 5.74) is 0.253. The molecule has 2 rings (SSSR count). The van der Waals surface area contributed by atoms with Crippen molar-refractivity contribution >= 4 is 17.7 Å². The molecule has 1 aliphatic rings. The van der Waals surface area contributed by atoms with Gasteiger partial charge in [-0.25, -0.2) is 9.78 Å². The summed E-state index contributed by atoms with van der Waals surface area (Å²) < 4.78 is 9.85. The molecule has 7 nitrogen and oxygen atoms in total. The van der Waals surface area contributed by atoms with Gasteiger partial charge in [-0.3, -0.25) is 0 Å². The first-order valence-corrected chi connectivity index (χ1v) is 6.66. The highest BCUT2D eigenvalue weighted by Crippen LogP contribution is 2.16. The van der Waals surface area contributed by atoms with Gasteiger partial charge in [0, 0.05) is 19.7 Å². The minimum Gasteiger partial charge on any atom is -0.464 e. The number of rotatable bonds is 6. The van der Waals surface area contributed by atoms with E-state index in [0.717, 1.165) is 13.0 Å². The highest BCUT2D eigenvalue weighted by Gasteiger charge is 2.20. The Morgan fingerprint density at radius 2 is 2.30 bits per heavy atom. The number of carbonyl (C=O) groups is 1. The molecule has 1 aromatic heterocycles. The Hall–Kier alpha value is -1.89. The van der Waals surface area contributed by atoms with Crippen LogP contribution in [-0.2, 0) is 9.47 Å². The van der Waals surface area contributed by atoms with E-state index in [2.05, 4.69) is 22.2 Å². The molecule has 0 bridgehead atoms. The number of ether oxygens (including phenoxy) is 2. The first-order chi connectivity index (χ1) is 9.63. The van der Waals surface area contributed by atoms with E-state index < -0.39 is 5.97 Å². The second-order valence-electron chi connectivity index (χ2n) is 4.73. The largest absolute Gasteiger partial charge is 0.464 e. The first kappa shape index (κ1) is 14.5. The Kier molecular flexibility index (Phi) is 4.73. The van der Waals surface area contributed by atoms with Crippen LogP contribution in [0.3, 0.4) is 0 Å². The third-order valence-electron chi connectivity index (χ3n) is 3.00. The molecule has 0 aromatic carbocycles. The molecule has 1 saturated heterocycles. The predicted octanol–water partition coefficient (Wildman–Crippen LogP) is 0.920. The molecule has 2 heterocycles. The number of esters is 1. The van der Waals surface area contributed by atoms with Gasteiger partial charge in [-0.2, -0.15) is 4.98 Å². The minimum absolute atomic E-state index is 0.236. The van der Waals surface area contributed by atoms with Gasteiger partial charge in [-0.05, 0) is 6.42 Å². The van der Waals surface area contributed by atoms with Crippen LogP contribution in [0.15, 0.2) is 6.07 Å². The maximum Gasteiger partial charge on any atom is 0.356 e. The van der Waals surface area contributed by atoms with Crippen molar-refractivity contribution in [1.29, 1.82) is 0 Å². The molecule has 110 valence electrons. The van der Waals surface area contributed by atoms with Crippen LogP contribution in [0, 0.1) is 0 Å². The number of hydrogen-bond acceptors (Lipinski definition) is 7. The zero-order chi connectivity index (χ0) is 14.5. The lowest BCUT2D eigenvalue weighted by Gasteiger charge is -2.27. The Labute approximate surface area is 118 Å². The Balaban J connectivity index is 2.24. The maximum absolute atomic E-state index is 11.7. The van der Waals surface area contributed by atoms with Crippen molar-refractivity contribution in [3.63, 3.8) is 0 Å². The molecule has 0 aliphatic carbocycles. The van der Waals surface area contributed by atoms with Gasteiger partial charge in [-0.15, -0.1) is 0 Å². The van der Waals surface area contributed by atoms with Gasteiger partial charge in [0.1, 0.15) is 5.82 Å². The van der Waals surface area contributed by atoms with Crippen LogP contribution in [0.4, 0.5) is 11.8 Å². The molecule has 1 N–H and O–H groups in total. The first-order valence-electron chi connectivity index (χ1n) is 6.66. The minimum atomic E-state index is -0.466. The lowest BCUT2D eigenvalue weighted by Crippen LogP contribution is -2.40. The number of carbonyl (C=O) groups excluding carboxylic acids is 1. The summed E-state index contributed by atoms with van der Waals surface area (Å²) in [5, 5.41) is 3.22. The normalized spacial score (nSPS) is 14.6. The van der Waals surface area contributed by atoms with Gasteiger partial charge >= 0.3 is 5.97 Å². The average Bonchev–Trinajstić information content (AvgIpc) is 2.42. The SMILES string of the molecule is CCCN(C)c1nc(NC2COC2)cc(C(=O)OC)n1. The maximum atomic E-state index is 11.7. The zero-order valence-electron chi connectivity index (χ0n) is 12.0. The summed E-state index contributed by atoms with van der Waals surface area (Å²) in [6.07, 6.45) is 0.974. The van der Waals surface area contributed by atoms with Crippen LogP contribution < -0.4 is 10.2 Å². The second kappa shape index (κ2) is 6.51. The number of anilines is 2. The monoisotopic (exact) mass is 280 g/mol. The topological polar surface area (TPSA) is 76.6 Å². The summed E-state index contributed by atoms with van der Waals surface area (Å²) in [5.74, 6) is 0.663. The highest BCUT2D eigenvalue weighted by atomic mass is 16.5. The summed E-state index contributed by atoms with van der Waals surface area (Å²) in [6, 6.07) is 1.84. The summed E-state index contributed by atoms with van der Waals surface area (Å²) >= 11 is 0. The molecule has 20 heavy (non-hydrogen) atoms. The standard InChI is InChI=1S/C13H20N4O3/c1-4-5-17(2)13-15-10(12(18)19-3)6-11(16-13)14-9-7-20-8-9/h6,9H,4-5,7-8H2,1-3H3,(H,14,15,16). The summed E-state index contributed by atoms with van der Waals surface area (Å²) in [4.78, 5) is 22.3.